The van der Waals surface area contributed by atoms with Crippen molar-refractivity contribution in [1.29, 1.82) is 0 Å². The average molecular weight is 307 g/mol. The summed E-state index contributed by atoms with van der Waals surface area (Å²) in [4.78, 5) is 12.3. The Balaban J connectivity index is 2.09. The van der Waals surface area contributed by atoms with Crippen molar-refractivity contribution in [3.8, 4) is 5.75 Å². The first-order chi connectivity index (χ1) is 9.70. The fraction of sp³-hybridized carbons (Fsp3) is 0.333. The zero-order chi connectivity index (χ0) is 14.4. The lowest BCUT2D eigenvalue weighted by Gasteiger charge is -2.09. The Hall–Kier alpha value is -1.33. The van der Waals surface area contributed by atoms with Crippen LogP contribution in [-0.2, 0) is 4.79 Å². The number of unbranched alkanes of at least 4 members (excludes halogenated alkanes) is 2. The lowest BCUT2D eigenvalue weighted by atomic mass is 10.2. The van der Waals surface area contributed by atoms with Gasteiger partial charge in [-0.3, -0.25) is 4.79 Å². The molecule has 0 aromatic heterocycles. The molecule has 5 heteroatoms. The molecule has 1 fully saturated rings. The molecule has 1 aromatic rings. The van der Waals surface area contributed by atoms with Gasteiger partial charge in [0.15, 0.2) is 0 Å². The van der Waals surface area contributed by atoms with Gasteiger partial charge in [0.25, 0.3) is 5.91 Å². The van der Waals surface area contributed by atoms with Gasteiger partial charge in [-0.05, 0) is 18.6 Å². The van der Waals surface area contributed by atoms with Gasteiger partial charge in [0.1, 0.15) is 10.1 Å². The van der Waals surface area contributed by atoms with E-state index in [4.69, 9.17) is 17.0 Å². The van der Waals surface area contributed by atoms with E-state index in [2.05, 4.69) is 12.2 Å². The van der Waals surface area contributed by atoms with Crippen molar-refractivity contribution in [3.63, 3.8) is 0 Å². The molecule has 0 aliphatic carbocycles. The van der Waals surface area contributed by atoms with Crippen LogP contribution in [0.3, 0.4) is 0 Å². The van der Waals surface area contributed by atoms with Gasteiger partial charge in [-0.2, -0.15) is 0 Å². The number of hydrogen-bond acceptors (Lipinski definition) is 4. The van der Waals surface area contributed by atoms with Crippen molar-refractivity contribution < 1.29 is 9.53 Å². The Morgan fingerprint density at radius 3 is 2.85 bits per heavy atom. The van der Waals surface area contributed by atoms with Crippen LogP contribution < -0.4 is 10.1 Å². The number of thioether (sulfide) groups is 1. The third-order valence-electron chi connectivity index (χ3n) is 2.85. The highest BCUT2D eigenvalue weighted by molar-refractivity contribution is 8.26. The van der Waals surface area contributed by atoms with Crippen LogP contribution in [0, 0.1) is 0 Å². The third kappa shape index (κ3) is 4.08. The maximum Gasteiger partial charge on any atom is 0.263 e. The number of ether oxygens (including phenoxy) is 1. The summed E-state index contributed by atoms with van der Waals surface area (Å²) in [5.74, 6) is 0.670. The predicted octanol–water partition coefficient (Wildman–Crippen LogP) is 3.74. The Labute approximate surface area is 128 Å². The van der Waals surface area contributed by atoms with Crippen LogP contribution in [0.4, 0.5) is 0 Å². The highest BCUT2D eigenvalue weighted by Crippen LogP contribution is 2.29. The first kappa shape index (κ1) is 15.1. The molecule has 106 valence electrons. The Kier molecular flexibility index (Phi) is 5.61. The number of thiocarbonyl (C=S) groups is 1. The summed E-state index contributed by atoms with van der Waals surface area (Å²) < 4.78 is 6.30. The Bertz CT molecular complexity index is 540. The van der Waals surface area contributed by atoms with Crippen LogP contribution in [0.2, 0.25) is 0 Å². The molecule has 1 saturated heterocycles. The largest absolute Gasteiger partial charge is 0.493 e. The van der Waals surface area contributed by atoms with E-state index in [1.54, 1.807) is 0 Å². The molecular formula is C15H17NO2S2. The van der Waals surface area contributed by atoms with Gasteiger partial charge in [0.05, 0.1) is 11.5 Å². The van der Waals surface area contributed by atoms with Crippen LogP contribution in [-0.4, -0.2) is 16.8 Å². The highest BCUT2D eigenvalue weighted by atomic mass is 32.2. The summed E-state index contributed by atoms with van der Waals surface area (Å²) in [6.45, 7) is 2.86. The van der Waals surface area contributed by atoms with Gasteiger partial charge in [-0.15, -0.1) is 0 Å². The quantitative estimate of drug-likeness (QED) is 0.493. The molecule has 0 atom stereocenters. The van der Waals surface area contributed by atoms with Gasteiger partial charge in [-0.25, -0.2) is 0 Å². The number of carbonyl (C=O) groups excluding carboxylic acids is 1. The molecule has 1 heterocycles. The van der Waals surface area contributed by atoms with Crippen LogP contribution in [0.25, 0.3) is 6.08 Å². The second-order valence-corrected chi connectivity index (χ2v) is 6.16. The van der Waals surface area contributed by atoms with Crippen molar-refractivity contribution >= 4 is 40.3 Å². The minimum Gasteiger partial charge on any atom is -0.493 e. The number of hydrogen-bond donors (Lipinski definition) is 1. The molecule has 0 unspecified atom stereocenters. The number of para-hydroxylation sites is 1. The molecule has 20 heavy (non-hydrogen) atoms. The zero-order valence-electron chi connectivity index (χ0n) is 11.3. The summed E-state index contributed by atoms with van der Waals surface area (Å²) in [5, 5.41) is 2.61. The maximum absolute atomic E-state index is 11.7. The molecule has 1 aromatic carbocycles. The molecule has 0 spiro atoms. The van der Waals surface area contributed by atoms with E-state index in [-0.39, 0.29) is 5.91 Å². The van der Waals surface area contributed by atoms with Gasteiger partial charge in [0.2, 0.25) is 0 Å². The summed E-state index contributed by atoms with van der Waals surface area (Å²) in [7, 11) is 0. The van der Waals surface area contributed by atoms with E-state index in [1.807, 2.05) is 30.3 Å². The number of carbonyl (C=O) groups is 1. The molecule has 2 rings (SSSR count). The van der Waals surface area contributed by atoms with Crippen molar-refractivity contribution in [1.82, 2.24) is 5.32 Å². The predicted molar refractivity (Wildman–Crippen MR) is 87.8 cm³/mol. The lowest BCUT2D eigenvalue weighted by Crippen LogP contribution is -2.17. The molecule has 0 radical (unpaired) electrons. The maximum atomic E-state index is 11.7. The summed E-state index contributed by atoms with van der Waals surface area (Å²) in [6.07, 6.45) is 5.20. The number of nitrogens with one attached hydrogen (secondary N) is 1. The van der Waals surface area contributed by atoms with Gasteiger partial charge in [0, 0.05) is 5.56 Å². The lowest BCUT2D eigenvalue weighted by molar-refractivity contribution is -0.115. The van der Waals surface area contributed by atoms with E-state index in [0.29, 0.717) is 15.8 Å². The molecular weight excluding hydrogens is 290 g/mol. The average Bonchev–Trinajstić information content (AvgIpc) is 2.75. The molecule has 1 N–H and O–H groups in total. The monoisotopic (exact) mass is 307 g/mol. The number of rotatable bonds is 6. The van der Waals surface area contributed by atoms with Crippen molar-refractivity contribution in [2.45, 2.75) is 26.2 Å². The molecule has 1 amide bonds. The second-order valence-electron chi connectivity index (χ2n) is 4.45. The second kappa shape index (κ2) is 7.45. The van der Waals surface area contributed by atoms with Gasteiger partial charge < -0.3 is 10.1 Å². The first-order valence-corrected chi connectivity index (χ1v) is 7.90. The molecule has 0 bridgehead atoms. The molecule has 0 saturated carbocycles. The van der Waals surface area contributed by atoms with E-state index in [0.717, 1.165) is 24.2 Å². The van der Waals surface area contributed by atoms with Crippen molar-refractivity contribution in [3.05, 3.63) is 34.7 Å². The van der Waals surface area contributed by atoms with E-state index in [1.165, 1.54) is 18.2 Å². The first-order valence-electron chi connectivity index (χ1n) is 6.67. The summed E-state index contributed by atoms with van der Waals surface area (Å²) >= 11 is 6.27. The standard InChI is InChI=1S/C15H17NO2S2/c1-2-3-6-9-18-12-8-5-4-7-11(12)10-13-14(17)16-15(19)20-13/h4-5,7-8,10H,2-3,6,9H2,1H3,(H,16,17,19). The van der Waals surface area contributed by atoms with Crippen molar-refractivity contribution in [2.24, 2.45) is 0 Å². The SMILES string of the molecule is CCCCCOc1ccccc1C=C1SC(=S)NC1=O. The topological polar surface area (TPSA) is 38.3 Å². The van der Waals surface area contributed by atoms with Crippen LogP contribution >= 0.6 is 24.0 Å². The third-order valence-corrected chi connectivity index (χ3v) is 4.02. The van der Waals surface area contributed by atoms with Crippen LogP contribution in [0.1, 0.15) is 31.7 Å². The fourth-order valence-corrected chi connectivity index (χ4v) is 2.86. The summed E-state index contributed by atoms with van der Waals surface area (Å²) in [6, 6.07) is 7.73. The van der Waals surface area contributed by atoms with Crippen LogP contribution in [0.5, 0.6) is 5.75 Å². The molecule has 3 nitrogen and oxygen atoms in total. The minimum absolute atomic E-state index is 0.138. The molecule has 1 aliphatic rings. The van der Waals surface area contributed by atoms with Gasteiger partial charge >= 0.3 is 0 Å². The Morgan fingerprint density at radius 2 is 2.15 bits per heavy atom. The smallest absolute Gasteiger partial charge is 0.263 e. The van der Waals surface area contributed by atoms with E-state index >= 15 is 0 Å². The van der Waals surface area contributed by atoms with E-state index in [9.17, 15) is 4.79 Å². The Morgan fingerprint density at radius 1 is 1.35 bits per heavy atom. The summed E-state index contributed by atoms with van der Waals surface area (Å²) in [5.41, 5.74) is 0.909. The number of benzene rings is 1. The minimum atomic E-state index is -0.138. The highest BCUT2D eigenvalue weighted by Gasteiger charge is 2.22. The van der Waals surface area contributed by atoms with Crippen molar-refractivity contribution in [2.75, 3.05) is 6.61 Å². The van der Waals surface area contributed by atoms with Gasteiger partial charge in [-0.1, -0.05) is 61.9 Å². The van der Waals surface area contributed by atoms with Crippen LogP contribution in [0.15, 0.2) is 29.2 Å². The number of amides is 1. The zero-order valence-corrected chi connectivity index (χ0v) is 13.0. The molecule has 1 aliphatic heterocycles. The fourth-order valence-electron chi connectivity index (χ4n) is 1.83. The normalized spacial score (nSPS) is 16.6. The van der Waals surface area contributed by atoms with E-state index < -0.39 is 0 Å².